The van der Waals surface area contributed by atoms with Crippen LogP contribution in [0.25, 0.3) is 0 Å². The molecule has 5 heteroatoms. The Morgan fingerprint density at radius 3 is 2.88 bits per heavy atom. The average Bonchev–Trinajstić information content (AvgIpc) is 3.13. The first-order chi connectivity index (χ1) is 12.6. The van der Waals surface area contributed by atoms with Crippen molar-refractivity contribution >= 4 is 0 Å². The van der Waals surface area contributed by atoms with Crippen molar-refractivity contribution in [3.05, 3.63) is 53.4 Å². The first-order valence-corrected chi connectivity index (χ1v) is 9.81. The fraction of sp³-hybridized carbons (Fsp3) is 0.571. The van der Waals surface area contributed by atoms with E-state index in [-0.39, 0.29) is 5.82 Å². The summed E-state index contributed by atoms with van der Waals surface area (Å²) < 4.78 is 16.0. The molecule has 2 fully saturated rings. The second-order valence-electron chi connectivity index (χ2n) is 7.94. The Morgan fingerprint density at radius 2 is 2.12 bits per heavy atom. The monoisotopic (exact) mass is 356 g/mol. The first kappa shape index (κ1) is 17.7. The van der Waals surface area contributed by atoms with Gasteiger partial charge in [-0.15, -0.1) is 0 Å². The number of nitrogens with one attached hydrogen (secondary N) is 1. The van der Waals surface area contributed by atoms with Crippen LogP contribution in [0, 0.1) is 18.2 Å². The second-order valence-corrected chi connectivity index (χ2v) is 7.94. The number of benzene rings is 1. The van der Waals surface area contributed by atoms with Gasteiger partial charge in [-0.25, -0.2) is 9.37 Å². The molecule has 4 rings (SSSR count). The molecule has 0 unspecified atom stereocenters. The predicted molar refractivity (Wildman–Crippen MR) is 101 cm³/mol. The molecule has 1 aliphatic heterocycles. The van der Waals surface area contributed by atoms with Crippen molar-refractivity contribution < 1.29 is 4.39 Å². The molecule has 2 aromatic rings. The normalized spacial score (nSPS) is 21.5. The number of imidazole rings is 1. The van der Waals surface area contributed by atoms with Gasteiger partial charge in [-0.1, -0.05) is 6.07 Å². The van der Waals surface area contributed by atoms with Crippen LogP contribution in [-0.4, -0.2) is 33.6 Å². The lowest BCUT2D eigenvalue weighted by molar-refractivity contribution is 0.182. The first-order valence-electron chi connectivity index (χ1n) is 9.81. The number of hydrogen-bond acceptors (Lipinski definition) is 3. The van der Waals surface area contributed by atoms with Crippen LogP contribution in [0.5, 0.6) is 0 Å². The second kappa shape index (κ2) is 7.12. The van der Waals surface area contributed by atoms with Gasteiger partial charge in [0.1, 0.15) is 11.6 Å². The van der Waals surface area contributed by atoms with Crippen molar-refractivity contribution in [2.24, 2.45) is 5.41 Å². The van der Waals surface area contributed by atoms with E-state index >= 15 is 0 Å². The largest absolute Gasteiger partial charge is 0.334 e. The SMILES string of the molecule is CCn1ccnc1CN(Cc1cc(F)ccc1C)[C@H]1CC12CCNCC2. The summed E-state index contributed by atoms with van der Waals surface area (Å²) in [5, 5.41) is 3.49. The van der Waals surface area contributed by atoms with Crippen molar-refractivity contribution in [2.75, 3.05) is 13.1 Å². The lowest BCUT2D eigenvalue weighted by Gasteiger charge is -2.30. The van der Waals surface area contributed by atoms with E-state index in [9.17, 15) is 4.39 Å². The van der Waals surface area contributed by atoms with Crippen LogP contribution >= 0.6 is 0 Å². The lowest BCUT2D eigenvalue weighted by Crippen LogP contribution is -2.36. The van der Waals surface area contributed by atoms with Crippen molar-refractivity contribution in [1.29, 1.82) is 0 Å². The van der Waals surface area contributed by atoms with E-state index < -0.39 is 0 Å². The summed E-state index contributed by atoms with van der Waals surface area (Å²) in [6, 6.07) is 5.72. The van der Waals surface area contributed by atoms with Crippen LogP contribution in [0.15, 0.2) is 30.6 Å². The molecular weight excluding hydrogens is 327 g/mol. The van der Waals surface area contributed by atoms with Gasteiger partial charge in [0.15, 0.2) is 0 Å². The van der Waals surface area contributed by atoms with Crippen LogP contribution in [0.2, 0.25) is 0 Å². The van der Waals surface area contributed by atoms with Gasteiger partial charge in [0, 0.05) is 31.5 Å². The van der Waals surface area contributed by atoms with E-state index in [1.54, 1.807) is 12.1 Å². The summed E-state index contributed by atoms with van der Waals surface area (Å²) in [6.07, 6.45) is 7.69. The third-order valence-corrected chi connectivity index (χ3v) is 6.36. The van der Waals surface area contributed by atoms with E-state index in [1.807, 2.05) is 18.5 Å². The Balaban J connectivity index is 1.58. The number of hydrogen-bond donors (Lipinski definition) is 1. The van der Waals surface area contributed by atoms with Gasteiger partial charge in [-0.05, 0) is 74.9 Å². The summed E-state index contributed by atoms with van der Waals surface area (Å²) in [7, 11) is 0. The van der Waals surface area contributed by atoms with E-state index in [0.717, 1.165) is 49.7 Å². The Morgan fingerprint density at radius 1 is 1.31 bits per heavy atom. The molecule has 26 heavy (non-hydrogen) atoms. The van der Waals surface area contributed by atoms with Gasteiger partial charge in [0.25, 0.3) is 0 Å². The Hall–Kier alpha value is -1.72. The zero-order chi connectivity index (χ0) is 18.1. The molecule has 2 heterocycles. The Bertz CT molecular complexity index is 763. The van der Waals surface area contributed by atoms with E-state index in [1.165, 1.54) is 19.3 Å². The fourth-order valence-electron chi connectivity index (χ4n) is 4.57. The fourth-order valence-corrected chi connectivity index (χ4v) is 4.57. The molecule has 1 N–H and O–H groups in total. The topological polar surface area (TPSA) is 33.1 Å². The van der Waals surface area contributed by atoms with Crippen LogP contribution in [0.3, 0.4) is 0 Å². The maximum absolute atomic E-state index is 13.8. The zero-order valence-corrected chi connectivity index (χ0v) is 15.8. The van der Waals surface area contributed by atoms with Gasteiger partial charge in [-0.2, -0.15) is 0 Å². The quantitative estimate of drug-likeness (QED) is 0.860. The van der Waals surface area contributed by atoms with Gasteiger partial charge in [0.2, 0.25) is 0 Å². The average molecular weight is 356 g/mol. The third-order valence-electron chi connectivity index (χ3n) is 6.36. The highest BCUT2D eigenvalue weighted by Crippen LogP contribution is 2.56. The summed E-state index contributed by atoms with van der Waals surface area (Å²) in [6.45, 7) is 9.02. The van der Waals surface area contributed by atoms with E-state index in [2.05, 4.69) is 33.6 Å². The maximum atomic E-state index is 13.8. The molecular formula is C21H29FN4. The predicted octanol–water partition coefficient (Wildman–Crippen LogP) is 3.49. The van der Waals surface area contributed by atoms with Crippen LogP contribution in [0.1, 0.15) is 43.1 Å². The van der Waals surface area contributed by atoms with Crippen molar-refractivity contribution in [2.45, 2.75) is 58.8 Å². The molecule has 1 aromatic carbocycles. The molecule has 1 saturated carbocycles. The number of nitrogens with zero attached hydrogens (tertiary/aromatic N) is 3. The Labute approximate surface area is 155 Å². The van der Waals surface area contributed by atoms with E-state index in [0.29, 0.717) is 11.5 Å². The zero-order valence-electron chi connectivity index (χ0n) is 15.8. The summed E-state index contributed by atoms with van der Waals surface area (Å²) in [4.78, 5) is 7.13. The standard InChI is InChI=1S/C21H29FN4/c1-3-25-11-10-24-20(25)15-26(14-17-12-18(22)5-4-16(17)2)19-13-21(19)6-8-23-9-7-21/h4-5,10-12,19,23H,3,6-9,13-15H2,1-2H3/t19-/m0/s1. The molecule has 2 aliphatic rings. The molecule has 1 aliphatic carbocycles. The molecule has 140 valence electrons. The van der Waals surface area contributed by atoms with Gasteiger partial charge in [-0.3, -0.25) is 4.90 Å². The number of aromatic nitrogens is 2. The molecule has 0 amide bonds. The highest BCUT2D eigenvalue weighted by atomic mass is 19.1. The number of piperidine rings is 1. The molecule has 1 spiro atoms. The van der Waals surface area contributed by atoms with Gasteiger partial charge < -0.3 is 9.88 Å². The molecule has 0 radical (unpaired) electrons. The van der Waals surface area contributed by atoms with E-state index in [4.69, 9.17) is 0 Å². The number of halogens is 1. The highest BCUT2D eigenvalue weighted by Gasteiger charge is 2.56. The summed E-state index contributed by atoms with van der Waals surface area (Å²) >= 11 is 0. The minimum Gasteiger partial charge on any atom is -0.334 e. The smallest absolute Gasteiger partial charge is 0.123 e. The van der Waals surface area contributed by atoms with Crippen LogP contribution < -0.4 is 5.32 Å². The summed E-state index contributed by atoms with van der Waals surface area (Å²) in [5.74, 6) is 0.963. The minimum absolute atomic E-state index is 0.145. The molecule has 4 nitrogen and oxygen atoms in total. The molecule has 1 aromatic heterocycles. The van der Waals surface area contributed by atoms with Crippen molar-refractivity contribution in [3.63, 3.8) is 0 Å². The number of aryl methyl sites for hydroxylation is 2. The lowest BCUT2D eigenvalue weighted by atomic mass is 9.93. The third kappa shape index (κ3) is 3.42. The van der Waals surface area contributed by atoms with Gasteiger partial charge >= 0.3 is 0 Å². The van der Waals surface area contributed by atoms with Crippen molar-refractivity contribution in [1.82, 2.24) is 19.8 Å². The van der Waals surface area contributed by atoms with Crippen LogP contribution in [-0.2, 0) is 19.6 Å². The maximum Gasteiger partial charge on any atom is 0.123 e. The summed E-state index contributed by atoms with van der Waals surface area (Å²) in [5.41, 5.74) is 2.71. The van der Waals surface area contributed by atoms with Crippen molar-refractivity contribution in [3.8, 4) is 0 Å². The minimum atomic E-state index is -0.145. The molecule has 1 saturated heterocycles. The highest BCUT2D eigenvalue weighted by molar-refractivity contribution is 5.27. The molecule has 0 bridgehead atoms. The molecule has 1 atom stereocenters. The Kier molecular flexibility index (Phi) is 4.84. The van der Waals surface area contributed by atoms with Crippen LogP contribution in [0.4, 0.5) is 4.39 Å². The van der Waals surface area contributed by atoms with Gasteiger partial charge in [0.05, 0.1) is 6.54 Å². The number of rotatable bonds is 6.